The van der Waals surface area contributed by atoms with E-state index in [0.29, 0.717) is 0 Å². The van der Waals surface area contributed by atoms with Gasteiger partial charge in [-0.2, -0.15) is 13.2 Å². The highest BCUT2D eigenvalue weighted by Crippen LogP contribution is 2.34. The molecule has 8 nitrogen and oxygen atoms in total. The van der Waals surface area contributed by atoms with E-state index >= 15 is 0 Å². The van der Waals surface area contributed by atoms with Gasteiger partial charge in [-0.25, -0.2) is 13.1 Å². The Morgan fingerprint density at radius 2 is 1.85 bits per heavy atom. The van der Waals surface area contributed by atoms with Crippen molar-refractivity contribution in [2.24, 2.45) is 0 Å². The van der Waals surface area contributed by atoms with Gasteiger partial charge in [0.1, 0.15) is 5.52 Å². The summed E-state index contributed by atoms with van der Waals surface area (Å²) in [6.45, 7) is 0.220. The summed E-state index contributed by atoms with van der Waals surface area (Å²) in [6.07, 6.45) is -2.52. The number of carbonyl (C=O) groups excluding carboxylic acids is 1. The van der Waals surface area contributed by atoms with Gasteiger partial charge in [0.2, 0.25) is 10.0 Å². The van der Waals surface area contributed by atoms with E-state index in [1.165, 1.54) is 47.2 Å². The number of nitro groups is 1. The lowest BCUT2D eigenvalue weighted by Crippen LogP contribution is -2.23. The molecule has 3 rings (SSSR count). The standard InChI is InChI=1S/C21H20F3N3O5S/c1-33(31,32)25-10-5-11-26-13-16(15-7-4-9-18(20(15)26)27(29)30)19(28)12-14-6-2-3-8-17(14)21(22,23)24/h2-4,6-9,13,25H,5,10-12H2,1H3. The molecule has 3 aromatic rings. The molecule has 1 aromatic heterocycles. The van der Waals surface area contributed by atoms with Crippen LogP contribution in [0.4, 0.5) is 18.9 Å². The van der Waals surface area contributed by atoms with Crippen LogP contribution < -0.4 is 4.72 Å². The fourth-order valence-electron chi connectivity index (χ4n) is 3.61. The highest BCUT2D eigenvalue weighted by Gasteiger charge is 2.33. The van der Waals surface area contributed by atoms with Crippen LogP contribution in [0.1, 0.15) is 27.9 Å². The Labute approximate surface area is 187 Å². The van der Waals surface area contributed by atoms with E-state index in [2.05, 4.69) is 4.72 Å². The van der Waals surface area contributed by atoms with E-state index in [-0.39, 0.29) is 47.2 Å². The molecule has 12 heteroatoms. The molecule has 1 N–H and O–H groups in total. The second-order valence-electron chi connectivity index (χ2n) is 7.44. The van der Waals surface area contributed by atoms with E-state index in [1.807, 2.05) is 0 Å². The number of sulfonamides is 1. The van der Waals surface area contributed by atoms with E-state index in [4.69, 9.17) is 0 Å². The summed E-state index contributed by atoms with van der Waals surface area (Å²) >= 11 is 0. The zero-order chi connectivity index (χ0) is 24.4. The Hall–Kier alpha value is -3.25. The summed E-state index contributed by atoms with van der Waals surface area (Å²) < 4.78 is 66.2. The van der Waals surface area contributed by atoms with Crippen LogP contribution in [-0.2, 0) is 29.2 Å². The first-order chi connectivity index (χ1) is 15.4. The molecule has 0 aliphatic rings. The van der Waals surface area contributed by atoms with Gasteiger partial charge in [-0.3, -0.25) is 14.9 Å². The molecule has 0 aliphatic heterocycles. The minimum Gasteiger partial charge on any atom is -0.341 e. The Kier molecular flexibility index (Phi) is 6.89. The monoisotopic (exact) mass is 483 g/mol. The number of halogens is 3. The molecule has 2 aromatic carbocycles. The number of nitrogens with one attached hydrogen (secondary N) is 1. The highest BCUT2D eigenvalue weighted by atomic mass is 32.2. The van der Waals surface area contributed by atoms with E-state index < -0.39 is 38.9 Å². The van der Waals surface area contributed by atoms with Crippen LogP contribution in [-0.4, -0.2) is 36.5 Å². The number of carbonyl (C=O) groups is 1. The molecule has 0 unspecified atom stereocenters. The first-order valence-corrected chi connectivity index (χ1v) is 11.7. The topological polar surface area (TPSA) is 111 Å². The number of ketones is 1. The number of alkyl halides is 3. The van der Waals surface area contributed by atoms with Gasteiger partial charge in [-0.15, -0.1) is 0 Å². The zero-order valence-electron chi connectivity index (χ0n) is 17.4. The lowest BCUT2D eigenvalue weighted by Gasteiger charge is -2.11. The summed E-state index contributed by atoms with van der Waals surface area (Å²) in [5.41, 5.74) is -1.17. The number of hydrogen-bond acceptors (Lipinski definition) is 5. The summed E-state index contributed by atoms with van der Waals surface area (Å²) in [4.78, 5) is 24.0. The number of hydrogen-bond donors (Lipinski definition) is 1. The Bertz CT molecular complexity index is 1320. The molecule has 0 spiro atoms. The average Bonchev–Trinajstić information content (AvgIpc) is 3.09. The van der Waals surface area contributed by atoms with Crippen molar-refractivity contribution in [3.8, 4) is 0 Å². The quantitative estimate of drug-likeness (QED) is 0.215. The maximum atomic E-state index is 13.3. The van der Waals surface area contributed by atoms with Gasteiger partial charge in [0.25, 0.3) is 5.69 Å². The smallest absolute Gasteiger partial charge is 0.341 e. The van der Waals surface area contributed by atoms with Crippen LogP contribution in [0.5, 0.6) is 0 Å². The SMILES string of the molecule is CS(=O)(=O)NCCCn1cc(C(=O)Cc2ccccc2C(F)(F)F)c2cccc([N+](=O)[O-])c21. The first kappa shape index (κ1) is 24.4. The third kappa shape index (κ3) is 5.76. The predicted molar refractivity (Wildman–Crippen MR) is 116 cm³/mol. The Morgan fingerprint density at radius 3 is 2.48 bits per heavy atom. The minimum absolute atomic E-state index is 0.0572. The molecule has 0 fully saturated rings. The molecule has 0 atom stereocenters. The van der Waals surface area contributed by atoms with Crippen LogP contribution in [0.15, 0.2) is 48.7 Å². The number of nitrogens with zero attached hydrogens (tertiary/aromatic N) is 2. The van der Waals surface area contributed by atoms with Gasteiger partial charge < -0.3 is 4.57 Å². The van der Waals surface area contributed by atoms with E-state index in [0.717, 1.165) is 12.3 Å². The van der Waals surface area contributed by atoms with Gasteiger partial charge in [0.05, 0.1) is 16.7 Å². The molecule has 0 amide bonds. The average molecular weight is 483 g/mol. The second kappa shape index (κ2) is 9.32. The summed E-state index contributed by atoms with van der Waals surface area (Å²) in [5.74, 6) is -0.620. The van der Waals surface area contributed by atoms with Gasteiger partial charge in [0.15, 0.2) is 5.78 Å². The van der Waals surface area contributed by atoms with Crippen LogP contribution in [0.3, 0.4) is 0 Å². The van der Waals surface area contributed by atoms with Crippen molar-refractivity contribution in [2.75, 3.05) is 12.8 Å². The summed E-state index contributed by atoms with van der Waals surface area (Å²) in [6, 6.07) is 8.91. The molecular weight excluding hydrogens is 463 g/mol. The van der Waals surface area contributed by atoms with Crippen molar-refractivity contribution in [3.05, 3.63) is 75.5 Å². The number of benzene rings is 2. The maximum absolute atomic E-state index is 13.3. The zero-order valence-corrected chi connectivity index (χ0v) is 18.2. The van der Waals surface area contributed by atoms with E-state index in [1.54, 1.807) is 0 Å². The van der Waals surface area contributed by atoms with Gasteiger partial charge >= 0.3 is 6.18 Å². The normalized spacial score (nSPS) is 12.2. The molecule has 176 valence electrons. The first-order valence-electron chi connectivity index (χ1n) is 9.77. The maximum Gasteiger partial charge on any atom is 0.416 e. The van der Waals surface area contributed by atoms with Crippen molar-refractivity contribution in [2.45, 2.75) is 25.6 Å². The number of nitro benzene ring substituents is 1. The number of rotatable bonds is 9. The highest BCUT2D eigenvalue weighted by molar-refractivity contribution is 7.88. The van der Waals surface area contributed by atoms with Crippen LogP contribution in [0.25, 0.3) is 10.9 Å². The van der Waals surface area contributed by atoms with Crippen LogP contribution in [0, 0.1) is 10.1 Å². The third-order valence-electron chi connectivity index (χ3n) is 4.99. The van der Waals surface area contributed by atoms with Crippen molar-refractivity contribution >= 4 is 32.4 Å². The van der Waals surface area contributed by atoms with Gasteiger partial charge in [-0.05, 0) is 18.1 Å². The van der Waals surface area contributed by atoms with Crippen molar-refractivity contribution in [1.82, 2.24) is 9.29 Å². The number of fused-ring (bicyclic) bond motifs is 1. The Morgan fingerprint density at radius 1 is 1.15 bits per heavy atom. The van der Waals surface area contributed by atoms with Crippen molar-refractivity contribution in [3.63, 3.8) is 0 Å². The predicted octanol–water partition coefficient (Wildman–Crippen LogP) is 3.93. The molecular formula is C21H20F3N3O5S. The van der Waals surface area contributed by atoms with Crippen molar-refractivity contribution < 1.29 is 31.3 Å². The fourth-order valence-corrected chi connectivity index (χ4v) is 4.13. The number of non-ortho nitro benzene ring substituents is 1. The van der Waals surface area contributed by atoms with Crippen molar-refractivity contribution in [1.29, 1.82) is 0 Å². The molecule has 0 bridgehead atoms. The summed E-state index contributed by atoms with van der Waals surface area (Å²) in [7, 11) is -3.42. The van der Waals surface area contributed by atoms with Gasteiger partial charge in [-0.1, -0.05) is 30.3 Å². The lowest BCUT2D eigenvalue weighted by molar-refractivity contribution is -0.383. The molecule has 33 heavy (non-hydrogen) atoms. The molecule has 0 aliphatic carbocycles. The molecule has 0 saturated heterocycles. The summed E-state index contributed by atoms with van der Waals surface area (Å²) in [5, 5.41) is 11.8. The number of para-hydroxylation sites is 1. The van der Waals surface area contributed by atoms with Crippen LogP contribution in [0.2, 0.25) is 0 Å². The number of aromatic nitrogens is 1. The number of Topliss-reactive ketones (excluding diaryl/α,β-unsaturated/α-hetero) is 1. The molecule has 0 saturated carbocycles. The third-order valence-corrected chi connectivity index (χ3v) is 5.72. The molecule has 0 radical (unpaired) electrons. The Balaban J connectivity index is 1.99. The fraction of sp³-hybridized carbons (Fsp3) is 0.286. The number of aryl methyl sites for hydroxylation is 1. The lowest BCUT2D eigenvalue weighted by atomic mass is 9.98. The van der Waals surface area contributed by atoms with E-state index in [9.17, 15) is 36.5 Å². The second-order valence-corrected chi connectivity index (χ2v) is 9.27. The minimum atomic E-state index is -4.63. The van der Waals surface area contributed by atoms with Gasteiger partial charge in [0, 0.05) is 42.7 Å². The van der Waals surface area contributed by atoms with Crippen LogP contribution >= 0.6 is 0 Å². The largest absolute Gasteiger partial charge is 0.416 e. The molecule has 1 heterocycles.